The van der Waals surface area contributed by atoms with Crippen LogP contribution in [-0.4, -0.2) is 38.5 Å². The van der Waals surface area contributed by atoms with Crippen LogP contribution < -0.4 is 10.2 Å². The molecule has 2 fully saturated rings. The number of amides is 1. The first kappa shape index (κ1) is 17.8. The maximum absolute atomic E-state index is 12.9. The molecule has 1 saturated carbocycles. The average Bonchev–Trinajstić information content (AvgIpc) is 3.23. The fraction of sp³-hybridized carbons (Fsp3) is 0.364. The summed E-state index contributed by atoms with van der Waals surface area (Å²) in [5, 5.41) is 2.94. The van der Waals surface area contributed by atoms with Gasteiger partial charge in [0.05, 0.1) is 11.9 Å². The molecule has 1 N–H and O–H groups in total. The SMILES string of the molecule is O=C(Nc1cccnc1)c1cc(-c2cnc(N3CCCC3)nc2)cn1CC1CC1. The molecule has 0 radical (unpaired) electrons. The molecule has 7 heteroatoms. The smallest absolute Gasteiger partial charge is 0.272 e. The highest BCUT2D eigenvalue weighted by atomic mass is 16.1. The summed E-state index contributed by atoms with van der Waals surface area (Å²) < 4.78 is 2.06. The Labute approximate surface area is 169 Å². The van der Waals surface area contributed by atoms with Crippen LogP contribution in [-0.2, 0) is 6.54 Å². The molecule has 5 rings (SSSR count). The second kappa shape index (κ2) is 7.66. The molecule has 3 aromatic rings. The third-order valence-electron chi connectivity index (χ3n) is 5.56. The Balaban J connectivity index is 1.40. The van der Waals surface area contributed by atoms with Gasteiger partial charge in [-0.25, -0.2) is 9.97 Å². The fourth-order valence-electron chi connectivity index (χ4n) is 3.77. The summed E-state index contributed by atoms with van der Waals surface area (Å²) in [6.07, 6.45) is 14.0. The number of carbonyl (C=O) groups excluding carboxylic acids is 1. The predicted molar refractivity (Wildman–Crippen MR) is 112 cm³/mol. The summed E-state index contributed by atoms with van der Waals surface area (Å²) in [6.45, 7) is 2.91. The Kier molecular flexibility index (Phi) is 4.71. The molecular weight excluding hydrogens is 364 g/mol. The van der Waals surface area contributed by atoms with Crippen molar-refractivity contribution >= 4 is 17.5 Å². The van der Waals surface area contributed by atoms with Crippen molar-refractivity contribution in [2.75, 3.05) is 23.3 Å². The number of aromatic nitrogens is 4. The van der Waals surface area contributed by atoms with Crippen LogP contribution in [0.1, 0.15) is 36.2 Å². The maximum atomic E-state index is 12.9. The highest BCUT2D eigenvalue weighted by Crippen LogP contribution is 2.33. The zero-order chi connectivity index (χ0) is 19.6. The Morgan fingerprint density at radius 3 is 2.59 bits per heavy atom. The topological polar surface area (TPSA) is 75.9 Å². The predicted octanol–water partition coefficient (Wildman–Crippen LogP) is 3.60. The van der Waals surface area contributed by atoms with Gasteiger partial charge in [0.2, 0.25) is 5.95 Å². The first-order valence-electron chi connectivity index (χ1n) is 10.3. The highest BCUT2D eigenvalue weighted by Gasteiger charge is 2.25. The number of carbonyl (C=O) groups is 1. The summed E-state index contributed by atoms with van der Waals surface area (Å²) >= 11 is 0. The van der Waals surface area contributed by atoms with Gasteiger partial charge in [0.25, 0.3) is 5.91 Å². The van der Waals surface area contributed by atoms with Crippen molar-refractivity contribution in [1.82, 2.24) is 19.5 Å². The molecule has 0 unspecified atom stereocenters. The van der Waals surface area contributed by atoms with Crippen LogP contribution in [0.5, 0.6) is 0 Å². The van der Waals surface area contributed by atoms with E-state index in [0.717, 1.165) is 36.7 Å². The summed E-state index contributed by atoms with van der Waals surface area (Å²) in [5.41, 5.74) is 3.24. The molecule has 1 amide bonds. The third kappa shape index (κ3) is 3.99. The van der Waals surface area contributed by atoms with Crippen molar-refractivity contribution in [3.05, 3.63) is 54.9 Å². The zero-order valence-electron chi connectivity index (χ0n) is 16.3. The Morgan fingerprint density at radius 2 is 1.90 bits per heavy atom. The number of rotatable bonds is 6. The van der Waals surface area contributed by atoms with E-state index in [1.807, 2.05) is 36.8 Å². The summed E-state index contributed by atoms with van der Waals surface area (Å²) in [7, 11) is 0. The van der Waals surface area contributed by atoms with E-state index in [0.29, 0.717) is 17.3 Å². The van der Waals surface area contributed by atoms with Crippen LogP contribution in [0.4, 0.5) is 11.6 Å². The van der Waals surface area contributed by atoms with Crippen molar-refractivity contribution in [3.63, 3.8) is 0 Å². The number of hydrogen-bond donors (Lipinski definition) is 1. The standard InChI is InChI=1S/C22H24N6O/c29-21(26-19-4-3-7-23-13-19)20-10-17(15-28(20)14-16-5-6-16)18-11-24-22(25-12-18)27-8-1-2-9-27/h3-4,7,10-13,15-16H,1-2,5-6,8-9,14H2,(H,26,29). The average molecular weight is 388 g/mol. The minimum atomic E-state index is -0.125. The van der Waals surface area contributed by atoms with Gasteiger partial charge in [0, 0.05) is 55.5 Å². The second-order valence-electron chi connectivity index (χ2n) is 7.87. The third-order valence-corrected chi connectivity index (χ3v) is 5.56. The molecule has 1 saturated heterocycles. The largest absolute Gasteiger partial charge is 0.343 e. The van der Waals surface area contributed by atoms with Gasteiger partial charge < -0.3 is 14.8 Å². The van der Waals surface area contributed by atoms with Crippen LogP contribution in [0, 0.1) is 5.92 Å². The first-order valence-corrected chi connectivity index (χ1v) is 10.3. The second-order valence-corrected chi connectivity index (χ2v) is 7.87. The van der Waals surface area contributed by atoms with Crippen LogP contribution in [0.2, 0.25) is 0 Å². The van der Waals surface area contributed by atoms with Gasteiger partial charge in [-0.1, -0.05) is 0 Å². The molecule has 29 heavy (non-hydrogen) atoms. The van der Waals surface area contributed by atoms with Gasteiger partial charge in [0.1, 0.15) is 5.69 Å². The molecule has 0 atom stereocenters. The fourth-order valence-corrected chi connectivity index (χ4v) is 3.77. The Bertz CT molecular complexity index is 988. The van der Waals surface area contributed by atoms with Crippen molar-refractivity contribution in [2.45, 2.75) is 32.2 Å². The molecule has 7 nitrogen and oxygen atoms in total. The number of nitrogens with one attached hydrogen (secondary N) is 1. The number of pyridine rings is 1. The van der Waals surface area contributed by atoms with Crippen molar-refractivity contribution in [3.8, 4) is 11.1 Å². The van der Waals surface area contributed by atoms with E-state index >= 15 is 0 Å². The Morgan fingerprint density at radius 1 is 1.10 bits per heavy atom. The first-order chi connectivity index (χ1) is 14.3. The normalized spacial score (nSPS) is 16.2. The molecular formula is C22H24N6O. The molecule has 148 valence electrons. The van der Waals surface area contributed by atoms with Gasteiger partial charge in [-0.3, -0.25) is 9.78 Å². The van der Waals surface area contributed by atoms with Crippen molar-refractivity contribution < 1.29 is 4.79 Å². The summed E-state index contributed by atoms with van der Waals surface area (Å²) in [6, 6.07) is 5.58. The van der Waals surface area contributed by atoms with E-state index in [-0.39, 0.29) is 5.91 Å². The number of nitrogens with zero attached hydrogens (tertiary/aromatic N) is 5. The quantitative estimate of drug-likeness (QED) is 0.698. The molecule has 2 aliphatic rings. The van der Waals surface area contributed by atoms with Crippen LogP contribution in [0.15, 0.2) is 49.2 Å². The molecule has 0 spiro atoms. The van der Waals surface area contributed by atoms with Gasteiger partial charge in [0.15, 0.2) is 0 Å². The van der Waals surface area contributed by atoms with Crippen LogP contribution >= 0.6 is 0 Å². The number of hydrogen-bond acceptors (Lipinski definition) is 5. The molecule has 3 aromatic heterocycles. The molecule has 4 heterocycles. The lowest BCUT2D eigenvalue weighted by atomic mass is 10.2. The lowest BCUT2D eigenvalue weighted by molar-refractivity contribution is 0.101. The summed E-state index contributed by atoms with van der Waals surface area (Å²) in [4.78, 5) is 28.3. The van der Waals surface area contributed by atoms with Gasteiger partial charge in [-0.05, 0) is 49.8 Å². The summed E-state index contributed by atoms with van der Waals surface area (Å²) in [5.74, 6) is 1.33. The minimum absolute atomic E-state index is 0.125. The highest BCUT2D eigenvalue weighted by molar-refractivity contribution is 6.04. The van der Waals surface area contributed by atoms with Gasteiger partial charge in [-0.15, -0.1) is 0 Å². The lowest BCUT2D eigenvalue weighted by Gasteiger charge is -2.14. The Hall–Kier alpha value is -3.22. The van der Waals surface area contributed by atoms with Crippen molar-refractivity contribution in [2.24, 2.45) is 5.92 Å². The van der Waals surface area contributed by atoms with Gasteiger partial charge in [-0.2, -0.15) is 0 Å². The monoisotopic (exact) mass is 388 g/mol. The molecule has 1 aliphatic carbocycles. The minimum Gasteiger partial charge on any atom is -0.343 e. The van der Waals surface area contributed by atoms with E-state index in [1.54, 1.807) is 12.4 Å². The molecule has 1 aliphatic heterocycles. The van der Waals surface area contributed by atoms with Crippen LogP contribution in [0.3, 0.4) is 0 Å². The lowest BCUT2D eigenvalue weighted by Crippen LogP contribution is -2.20. The van der Waals surface area contributed by atoms with Gasteiger partial charge >= 0.3 is 0 Å². The van der Waals surface area contributed by atoms with E-state index < -0.39 is 0 Å². The van der Waals surface area contributed by atoms with Crippen molar-refractivity contribution in [1.29, 1.82) is 0 Å². The van der Waals surface area contributed by atoms with E-state index in [9.17, 15) is 4.79 Å². The van der Waals surface area contributed by atoms with E-state index in [1.165, 1.54) is 25.7 Å². The van der Waals surface area contributed by atoms with E-state index in [4.69, 9.17) is 0 Å². The number of anilines is 2. The maximum Gasteiger partial charge on any atom is 0.272 e. The zero-order valence-corrected chi connectivity index (χ0v) is 16.3. The van der Waals surface area contributed by atoms with E-state index in [2.05, 4.69) is 29.7 Å². The molecule has 0 bridgehead atoms. The molecule has 0 aromatic carbocycles. The van der Waals surface area contributed by atoms with Crippen LogP contribution in [0.25, 0.3) is 11.1 Å².